The summed E-state index contributed by atoms with van der Waals surface area (Å²) in [6, 6.07) is 10.5. The van der Waals surface area contributed by atoms with Crippen LogP contribution in [-0.4, -0.2) is 29.2 Å². The van der Waals surface area contributed by atoms with Gasteiger partial charge in [0.25, 0.3) is 0 Å². The zero-order valence-electron chi connectivity index (χ0n) is 11.4. The summed E-state index contributed by atoms with van der Waals surface area (Å²) in [4.78, 5) is 14.2. The monoisotopic (exact) mass is 323 g/mol. The van der Waals surface area contributed by atoms with Gasteiger partial charge >= 0.3 is 0 Å². The minimum atomic E-state index is 0.335. The zero-order valence-corrected chi connectivity index (χ0v) is 12.9. The second-order valence-electron chi connectivity index (χ2n) is 5.27. The molecule has 0 N–H and O–H groups in total. The highest BCUT2D eigenvalue weighted by Gasteiger charge is 2.20. The second-order valence-corrected chi connectivity index (χ2v) is 5.91. The number of hydrogen-bond acceptors (Lipinski definition) is 1. The number of nitrogens with zero attached hydrogens (tertiary/aromatic N) is 1. The maximum atomic E-state index is 12.2. The molecule has 3 heteroatoms. The Kier molecular flexibility index (Phi) is 5.90. The van der Waals surface area contributed by atoms with E-state index in [0.29, 0.717) is 11.8 Å². The fourth-order valence-electron chi connectivity index (χ4n) is 2.64. The molecule has 0 aromatic heterocycles. The number of rotatable bonds is 4. The first-order valence-corrected chi connectivity index (χ1v) is 8.32. The van der Waals surface area contributed by atoms with E-state index in [1.54, 1.807) is 0 Å². The van der Waals surface area contributed by atoms with Crippen molar-refractivity contribution in [1.82, 2.24) is 4.90 Å². The SMILES string of the molecule is O=C1CCCCCCN1CC(CBr)c1ccccc1. The van der Waals surface area contributed by atoms with Crippen LogP contribution in [0.15, 0.2) is 30.3 Å². The van der Waals surface area contributed by atoms with Crippen LogP contribution in [0, 0.1) is 0 Å². The van der Waals surface area contributed by atoms with Crippen molar-refractivity contribution >= 4 is 21.8 Å². The van der Waals surface area contributed by atoms with Crippen LogP contribution in [0.3, 0.4) is 0 Å². The molecule has 0 bridgehead atoms. The normalized spacial score (nSPS) is 18.8. The summed E-state index contributed by atoms with van der Waals surface area (Å²) in [7, 11) is 0. The first kappa shape index (κ1) is 14.6. The van der Waals surface area contributed by atoms with Crippen LogP contribution in [0.25, 0.3) is 0 Å². The molecule has 0 radical (unpaired) electrons. The first-order valence-electron chi connectivity index (χ1n) is 7.20. The van der Waals surface area contributed by atoms with Crippen molar-refractivity contribution in [2.75, 3.05) is 18.4 Å². The number of likely N-dealkylation sites (tertiary alicyclic amines) is 1. The summed E-state index contributed by atoms with van der Waals surface area (Å²) in [5.74, 6) is 0.728. The minimum absolute atomic E-state index is 0.335. The van der Waals surface area contributed by atoms with E-state index in [1.165, 1.54) is 18.4 Å². The van der Waals surface area contributed by atoms with E-state index in [2.05, 4.69) is 45.1 Å². The predicted molar refractivity (Wildman–Crippen MR) is 82.6 cm³/mol. The van der Waals surface area contributed by atoms with Crippen molar-refractivity contribution in [3.8, 4) is 0 Å². The highest BCUT2D eigenvalue weighted by molar-refractivity contribution is 9.09. The van der Waals surface area contributed by atoms with Crippen LogP contribution in [-0.2, 0) is 4.79 Å². The standard InChI is InChI=1S/C16H22BrNO/c17-12-15(14-8-4-3-5-9-14)13-18-11-7-2-1-6-10-16(18)19/h3-5,8-9,15H,1-2,6-7,10-13H2. The lowest BCUT2D eigenvalue weighted by Gasteiger charge is -2.28. The van der Waals surface area contributed by atoms with Gasteiger partial charge in [-0.15, -0.1) is 0 Å². The number of carbonyl (C=O) groups is 1. The number of carbonyl (C=O) groups excluding carboxylic acids is 1. The Hall–Kier alpha value is -0.830. The molecule has 1 amide bonds. The summed E-state index contributed by atoms with van der Waals surface area (Å²) in [5, 5.41) is 0.904. The Morgan fingerprint density at radius 1 is 1.11 bits per heavy atom. The van der Waals surface area contributed by atoms with Crippen molar-refractivity contribution in [2.24, 2.45) is 0 Å². The third-order valence-corrected chi connectivity index (χ3v) is 4.60. The van der Waals surface area contributed by atoms with E-state index in [-0.39, 0.29) is 0 Å². The Balaban J connectivity index is 2.01. The lowest BCUT2D eigenvalue weighted by atomic mass is 9.99. The second kappa shape index (κ2) is 7.68. The summed E-state index contributed by atoms with van der Waals surface area (Å²) in [6.07, 6.45) is 5.40. The predicted octanol–water partition coefficient (Wildman–Crippen LogP) is 3.96. The Morgan fingerprint density at radius 2 is 1.84 bits per heavy atom. The van der Waals surface area contributed by atoms with E-state index in [4.69, 9.17) is 0 Å². The number of alkyl halides is 1. The van der Waals surface area contributed by atoms with Crippen LogP contribution in [0.2, 0.25) is 0 Å². The maximum absolute atomic E-state index is 12.2. The molecule has 1 aromatic rings. The molecular formula is C16H22BrNO. The Bertz CT molecular complexity index is 393. The molecule has 1 aliphatic rings. The highest BCUT2D eigenvalue weighted by Crippen LogP contribution is 2.21. The van der Waals surface area contributed by atoms with Gasteiger partial charge in [0.15, 0.2) is 0 Å². The van der Waals surface area contributed by atoms with E-state index in [9.17, 15) is 4.79 Å². The number of halogens is 1. The molecule has 1 saturated heterocycles. The van der Waals surface area contributed by atoms with Crippen LogP contribution in [0.4, 0.5) is 0 Å². The molecule has 0 saturated carbocycles. The Morgan fingerprint density at radius 3 is 2.58 bits per heavy atom. The fraction of sp³-hybridized carbons (Fsp3) is 0.562. The molecule has 0 aliphatic carbocycles. The van der Waals surface area contributed by atoms with Crippen molar-refractivity contribution in [1.29, 1.82) is 0 Å². The van der Waals surface area contributed by atoms with E-state index < -0.39 is 0 Å². The first-order chi connectivity index (χ1) is 9.31. The van der Waals surface area contributed by atoms with Crippen LogP contribution < -0.4 is 0 Å². The topological polar surface area (TPSA) is 20.3 Å². The number of amides is 1. The molecule has 1 heterocycles. The fourth-order valence-corrected chi connectivity index (χ4v) is 3.22. The highest BCUT2D eigenvalue weighted by atomic mass is 79.9. The summed E-state index contributed by atoms with van der Waals surface area (Å²) in [6.45, 7) is 1.77. The molecular weight excluding hydrogens is 302 g/mol. The molecule has 1 fully saturated rings. The van der Waals surface area contributed by atoms with Gasteiger partial charge in [-0.2, -0.15) is 0 Å². The van der Waals surface area contributed by atoms with Gasteiger partial charge < -0.3 is 4.90 Å². The Labute approximate surface area is 124 Å². The summed E-state index contributed by atoms with van der Waals surface area (Å²) < 4.78 is 0. The minimum Gasteiger partial charge on any atom is -0.342 e. The number of benzene rings is 1. The third kappa shape index (κ3) is 4.34. The quantitative estimate of drug-likeness (QED) is 0.768. The molecule has 1 atom stereocenters. The number of hydrogen-bond donors (Lipinski definition) is 0. The van der Waals surface area contributed by atoms with Gasteiger partial charge in [0.05, 0.1) is 0 Å². The molecule has 0 spiro atoms. The van der Waals surface area contributed by atoms with Gasteiger partial charge in [0.2, 0.25) is 5.91 Å². The molecule has 2 nitrogen and oxygen atoms in total. The maximum Gasteiger partial charge on any atom is 0.222 e. The van der Waals surface area contributed by atoms with Gasteiger partial charge in [-0.05, 0) is 18.4 Å². The summed E-state index contributed by atoms with van der Waals surface area (Å²) in [5.41, 5.74) is 1.31. The molecule has 1 unspecified atom stereocenters. The average Bonchev–Trinajstić information content (AvgIpc) is 2.44. The van der Waals surface area contributed by atoms with Gasteiger partial charge in [0.1, 0.15) is 0 Å². The van der Waals surface area contributed by atoms with Gasteiger partial charge in [-0.3, -0.25) is 4.79 Å². The smallest absolute Gasteiger partial charge is 0.222 e. The van der Waals surface area contributed by atoms with Gasteiger partial charge in [-0.25, -0.2) is 0 Å². The molecule has 2 rings (SSSR count). The largest absolute Gasteiger partial charge is 0.342 e. The zero-order chi connectivity index (χ0) is 13.5. The molecule has 19 heavy (non-hydrogen) atoms. The third-order valence-electron chi connectivity index (χ3n) is 3.82. The van der Waals surface area contributed by atoms with E-state index in [1.807, 2.05) is 6.07 Å². The van der Waals surface area contributed by atoms with Gasteiger partial charge in [-0.1, -0.05) is 59.1 Å². The lowest BCUT2D eigenvalue weighted by molar-refractivity contribution is -0.132. The van der Waals surface area contributed by atoms with Gasteiger partial charge in [0, 0.05) is 30.8 Å². The van der Waals surface area contributed by atoms with Crippen molar-refractivity contribution in [2.45, 2.75) is 38.0 Å². The van der Waals surface area contributed by atoms with Crippen LogP contribution >= 0.6 is 15.9 Å². The lowest BCUT2D eigenvalue weighted by Crippen LogP contribution is -2.36. The molecule has 104 valence electrons. The molecule has 1 aliphatic heterocycles. The summed E-state index contributed by atoms with van der Waals surface area (Å²) >= 11 is 3.60. The van der Waals surface area contributed by atoms with E-state index in [0.717, 1.165) is 37.7 Å². The molecule has 1 aromatic carbocycles. The van der Waals surface area contributed by atoms with Crippen molar-refractivity contribution < 1.29 is 4.79 Å². The van der Waals surface area contributed by atoms with Crippen molar-refractivity contribution in [3.05, 3.63) is 35.9 Å². The van der Waals surface area contributed by atoms with Crippen LogP contribution in [0.1, 0.15) is 43.6 Å². The van der Waals surface area contributed by atoms with Crippen molar-refractivity contribution in [3.63, 3.8) is 0 Å². The van der Waals surface area contributed by atoms with Crippen LogP contribution in [0.5, 0.6) is 0 Å². The van der Waals surface area contributed by atoms with E-state index >= 15 is 0 Å². The average molecular weight is 324 g/mol.